The number of amides is 1. The van der Waals surface area contributed by atoms with Crippen molar-refractivity contribution in [3.63, 3.8) is 0 Å². The van der Waals surface area contributed by atoms with Gasteiger partial charge in [-0.05, 0) is 54.3 Å². The van der Waals surface area contributed by atoms with E-state index >= 15 is 0 Å². The first-order valence-corrected chi connectivity index (χ1v) is 12.2. The first-order valence-electron chi connectivity index (χ1n) is 12.2. The predicted molar refractivity (Wildman–Crippen MR) is 130 cm³/mol. The molecule has 1 fully saturated rings. The maximum Gasteiger partial charge on any atom is 0.227 e. The van der Waals surface area contributed by atoms with Crippen molar-refractivity contribution in [3.05, 3.63) is 93.8 Å². The summed E-state index contributed by atoms with van der Waals surface area (Å²) in [5, 5.41) is 0. The van der Waals surface area contributed by atoms with Gasteiger partial charge < -0.3 is 9.47 Å². The Kier molecular flexibility index (Phi) is 5.52. The predicted octanol–water partition coefficient (Wildman–Crippen LogP) is 4.20. The van der Waals surface area contributed by atoms with Crippen LogP contribution in [0.1, 0.15) is 46.2 Å². The van der Waals surface area contributed by atoms with Gasteiger partial charge in [0.05, 0.1) is 18.7 Å². The molecule has 4 heterocycles. The van der Waals surface area contributed by atoms with E-state index < -0.39 is 11.6 Å². The Morgan fingerprint density at radius 2 is 1.97 bits per heavy atom. The Bertz CT molecular complexity index is 1340. The summed E-state index contributed by atoms with van der Waals surface area (Å²) in [4.78, 5) is 22.2. The van der Waals surface area contributed by atoms with Crippen LogP contribution in [0.25, 0.3) is 0 Å². The third kappa shape index (κ3) is 4.18. The lowest BCUT2D eigenvalue weighted by atomic mass is 9.90. The first kappa shape index (κ1) is 22.2. The van der Waals surface area contributed by atoms with Gasteiger partial charge in [-0.15, -0.1) is 0 Å². The first-order chi connectivity index (χ1) is 16.9. The molecule has 180 valence electrons. The van der Waals surface area contributed by atoms with Gasteiger partial charge in [-0.3, -0.25) is 14.7 Å². The van der Waals surface area contributed by atoms with Crippen LogP contribution in [0.2, 0.25) is 0 Å². The van der Waals surface area contributed by atoms with Gasteiger partial charge in [0.2, 0.25) is 5.91 Å². The third-order valence-electron chi connectivity index (χ3n) is 7.53. The second kappa shape index (κ2) is 8.72. The van der Waals surface area contributed by atoms with Crippen LogP contribution in [-0.4, -0.2) is 45.1 Å². The standard InChI is InChI=1S/C28H28F2N4O/c1-32-8-6-19(14-32)28-25-10-22-16-34(27(35)11-20(22)9-21(25)13-31-28)24-3-2-7-33(17-24)15-18-4-5-23(29)12-26(18)30/h4-6,8-10,12,14,24H,2-3,7,11,13,15-17H2,1H3/t24-/m1/s1. The van der Waals surface area contributed by atoms with E-state index in [1.807, 2.05) is 22.7 Å². The average Bonchev–Trinajstić information content (AvgIpc) is 3.45. The van der Waals surface area contributed by atoms with E-state index in [0.717, 1.165) is 42.3 Å². The number of aromatic nitrogens is 1. The molecule has 2 aromatic carbocycles. The number of piperidine rings is 1. The zero-order valence-electron chi connectivity index (χ0n) is 19.8. The minimum Gasteiger partial charge on any atom is -0.357 e. The van der Waals surface area contributed by atoms with Crippen LogP contribution in [0, 0.1) is 11.6 Å². The molecule has 0 aliphatic carbocycles. The Labute approximate surface area is 203 Å². The van der Waals surface area contributed by atoms with Crippen molar-refractivity contribution in [1.82, 2.24) is 14.4 Å². The fourth-order valence-electron chi connectivity index (χ4n) is 5.73. The number of likely N-dealkylation sites (tertiary alicyclic amines) is 1. The van der Waals surface area contributed by atoms with Crippen LogP contribution >= 0.6 is 0 Å². The van der Waals surface area contributed by atoms with E-state index in [4.69, 9.17) is 4.99 Å². The van der Waals surface area contributed by atoms with Crippen molar-refractivity contribution in [1.29, 1.82) is 0 Å². The van der Waals surface area contributed by atoms with Gasteiger partial charge in [-0.1, -0.05) is 12.1 Å². The molecule has 6 rings (SSSR count). The van der Waals surface area contributed by atoms with Gasteiger partial charge in [0.25, 0.3) is 0 Å². The molecule has 7 heteroatoms. The molecule has 1 saturated heterocycles. The maximum atomic E-state index is 14.2. The van der Waals surface area contributed by atoms with Crippen LogP contribution in [0.3, 0.4) is 0 Å². The number of benzene rings is 2. The van der Waals surface area contributed by atoms with E-state index in [1.54, 1.807) is 0 Å². The zero-order chi connectivity index (χ0) is 24.1. The van der Waals surface area contributed by atoms with Crippen LogP contribution < -0.4 is 0 Å². The molecule has 0 N–H and O–H groups in total. The molecule has 5 nitrogen and oxygen atoms in total. The van der Waals surface area contributed by atoms with Gasteiger partial charge in [-0.25, -0.2) is 8.78 Å². The van der Waals surface area contributed by atoms with E-state index in [0.29, 0.717) is 38.2 Å². The van der Waals surface area contributed by atoms with Crippen molar-refractivity contribution in [2.45, 2.75) is 44.9 Å². The summed E-state index contributed by atoms with van der Waals surface area (Å²) in [6.07, 6.45) is 6.40. The Balaban J connectivity index is 1.21. The fraction of sp³-hybridized carbons (Fsp3) is 0.357. The topological polar surface area (TPSA) is 40.8 Å². The number of fused-ring (bicyclic) bond motifs is 2. The molecule has 1 amide bonds. The molecule has 1 aromatic heterocycles. The van der Waals surface area contributed by atoms with Crippen molar-refractivity contribution < 1.29 is 13.6 Å². The normalized spacial score (nSPS) is 20.1. The Morgan fingerprint density at radius 1 is 1.09 bits per heavy atom. The fourth-order valence-corrected chi connectivity index (χ4v) is 5.73. The highest BCUT2D eigenvalue weighted by atomic mass is 19.1. The number of hydrogen-bond acceptors (Lipinski definition) is 3. The highest BCUT2D eigenvalue weighted by Gasteiger charge is 2.33. The quantitative estimate of drug-likeness (QED) is 0.569. The van der Waals surface area contributed by atoms with Gasteiger partial charge in [0.1, 0.15) is 11.6 Å². The number of halogens is 2. The molecule has 0 saturated carbocycles. The smallest absolute Gasteiger partial charge is 0.227 e. The van der Waals surface area contributed by atoms with Crippen molar-refractivity contribution in [3.8, 4) is 0 Å². The van der Waals surface area contributed by atoms with Crippen LogP contribution in [0.15, 0.2) is 53.8 Å². The monoisotopic (exact) mass is 474 g/mol. The van der Waals surface area contributed by atoms with Gasteiger partial charge >= 0.3 is 0 Å². The lowest BCUT2D eigenvalue weighted by molar-refractivity contribution is -0.135. The number of aryl methyl sites for hydroxylation is 1. The minimum absolute atomic E-state index is 0.0865. The molecule has 0 unspecified atom stereocenters. The lowest BCUT2D eigenvalue weighted by Crippen LogP contribution is -2.51. The third-order valence-corrected chi connectivity index (χ3v) is 7.53. The molecule has 35 heavy (non-hydrogen) atoms. The average molecular weight is 475 g/mol. The van der Waals surface area contributed by atoms with Gasteiger partial charge in [0, 0.05) is 67.9 Å². The summed E-state index contributed by atoms with van der Waals surface area (Å²) in [6.45, 7) is 3.21. The molecular formula is C28H28F2N4O. The van der Waals surface area contributed by atoms with Crippen molar-refractivity contribution >= 4 is 11.6 Å². The number of rotatable bonds is 4. The van der Waals surface area contributed by atoms with Crippen molar-refractivity contribution in [2.75, 3.05) is 13.1 Å². The summed E-state index contributed by atoms with van der Waals surface area (Å²) in [6, 6.07) is 10.3. The molecule has 3 aromatic rings. The van der Waals surface area contributed by atoms with E-state index in [2.05, 4.69) is 29.3 Å². The van der Waals surface area contributed by atoms with Crippen molar-refractivity contribution in [2.24, 2.45) is 12.0 Å². The van der Waals surface area contributed by atoms with E-state index in [-0.39, 0.29) is 11.9 Å². The highest BCUT2D eigenvalue weighted by molar-refractivity contribution is 6.15. The number of carbonyl (C=O) groups is 1. The SMILES string of the molecule is Cn1ccc(C2=NCc3cc4c(cc32)CN([C@@H]2CCCN(Cc3ccc(F)cc3F)C2)C(=O)C4)c1. The molecule has 0 radical (unpaired) electrons. The number of aliphatic imine (C=N–C) groups is 1. The Morgan fingerprint density at radius 3 is 2.77 bits per heavy atom. The number of carbonyl (C=O) groups excluding carboxylic acids is 1. The summed E-state index contributed by atoms with van der Waals surface area (Å²) in [5.41, 5.74) is 7.29. The van der Waals surface area contributed by atoms with E-state index in [9.17, 15) is 13.6 Å². The molecule has 0 bridgehead atoms. The zero-order valence-corrected chi connectivity index (χ0v) is 19.8. The Hall–Kier alpha value is -3.32. The number of hydrogen-bond donors (Lipinski definition) is 0. The second-order valence-corrected chi connectivity index (χ2v) is 9.97. The van der Waals surface area contributed by atoms with Gasteiger partial charge in [0.15, 0.2) is 0 Å². The molecular weight excluding hydrogens is 446 g/mol. The molecule has 0 spiro atoms. The largest absolute Gasteiger partial charge is 0.357 e. The lowest BCUT2D eigenvalue weighted by Gasteiger charge is -2.41. The van der Waals surface area contributed by atoms with Gasteiger partial charge in [-0.2, -0.15) is 0 Å². The van der Waals surface area contributed by atoms with Crippen LogP contribution in [-0.2, 0) is 37.9 Å². The molecule has 3 aliphatic heterocycles. The van der Waals surface area contributed by atoms with Crippen LogP contribution in [0.4, 0.5) is 8.78 Å². The maximum absolute atomic E-state index is 14.2. The number of nitrogens with zero attached hydrogens (tertiary/aromatic N) is 4. The molecule has 3 aliphatic rings. The highest BCUT2D eigenvalue weighted by Crippen LogP contribution is 2.32. The summed E-state index contributed by atoms with van der Waals surface area (Å²) < 4.78 is 29.5. The summed E-state index contributed by atoms with van der Waals surface area (Å²) in [5.74, 6) is -0.924. The molecule has 1 atom stereocenters. The van der Waals surface area contributed by atoms with Crippen LogP contribution in [0.5, 0.6) is 0 Å². The summed E-state index contributed by atoms with van der Waals surface area (Å²) >= 11 is 0. The minimum atomic E-state index is -0.563. The summed E-state index contributed by atoms with van der Waals surface area (Å²) in [7, 11) is 2.01. The van der Waals surface area contributed by atoms with E-state index in [1.165, 1.54) is 28.8 Å². The second-order valence-electron chi connectivity index (χ2n) is 9.97.